The molecule has 6 rings (SSSR count). The van der Waals surface area contributed by atoms with Crippen molar-refractivity contribution in [3.05, 3.63) is 66.1 Å². The molecule has 2 aliphatic rings. The topological polar surface area (TPSA) is 69.1 Å². The number of hydrogen-bond donors (Lipinski definition) is 1. The smallest absolute Gasteiger partial charge is 0.165 e. The Morgan fingerprint density at radius 3 is 2.45 bits per heavy atom. The van der Waals surface area contributed by atoms with Gasteiger partial charge in [0.25, 0.3) is 0 Å². The Hall–Kier alpha value is -2.51. The number of benzene rings is 1. The van der Waals surface area contributed by atoms with Crippen LogP contribution in [0.15, 0.2) is 54.9 Å². The average molecular weight is 448 g/mol. The molecule has 2 N–H and O–H groups in total. The summed E-state index contributed by atoms with van der Waals surface area (Å²) in [7, 11) is 0. The van der Waals surface area contributed by atoms with E-state index in [1.54, 1.807) is 4.52 Å². The molecule has 4 heterocycles. The Morgan fingerprint density at radius 1 is 0.968 bits per heavy atom. The van der Waals surface area contributed by atoms with E-state index < -0.39 is 0 Å². The molecule has 1 spiro atoms. The molecule has 0 radical (unpaired) electrons. The molecule has 7 heteroatoms. The SMILES string of the molecule is CC.Nc1c2c(nc3c(-c4ccc(-c5ccccc5)nc4)cnn13)C1(CC2)SCCS1. The zero-order valence-electron chi connectivity index (χ0n) is 17.7. The third-order valence-electron chi connectivity index (χ3n) is 5.75. The molecule has 5 nitrogen and oxygen atoms in total. The highest BCUT2D eigenvalue weighted by molar-refractivity contribution is 8.20. The van der Waals surface area contributed by atoms with Gasteiger partial charge in [-0.05, 0) is 18.9 Å². The summed E-state index contributed by atoms with van der Waals surface area (Å²) >= 11 is 4.04. The van der Waals surface area contributed by atoms with Gasteiger partial charge in [0.1, 0.15) is 9.90 Å². The van der Waals surface area contributed by atoms with Crippen LogP contribution in [0.25, 0.3) is 28.0 Å². The van der Waals surface area contributed by atoms with Gasteiger partial charge in [-0.15, -0.1) is 23.5 Å². The van der Waals surface area contributed by atoms with Crippen LogP contribution in [0, 0.1) is 0 Å². The van der Waals surface area contributed by atoms with Gasteiger partial charge in [-0.25, -0.2) is 4.98 Å². The fourth-order valence-corrected chi connectivity index (χ4v) is 7.55. The Kier molecular flexibility index (Phi) is 5.40. The van der Waals surface area contributed by atoms with Crippen LogP contribution in [0.3, 0.4) is 0 Å². The summed E-state index contributed by atoms with van der Waals surface area (Å²) in [6.07, 6.45) is 5.84. The first kappa shape index (κ1) is 20.4. The van der Waals surface area contributed by atoms with Gasteiger partial charge in [-0.1, -0.05) is 50.2 Å². The summed E-state index contributed by atoms with van der Waals surface area (Å²) in [5.41, 5.74) is 13.7. The van der Waals surface area contributed by atoms with Crippen molar-refractivity contribution in [2.24, 2.45) is 0 Å². The highest BCUT2D eigenvalue weighted by Gasteiger charge is 2.45. The minimum absolute atomic E-state index is 0.0716. The molecule has 158 valence electrons. The van der Waals surface area contributed by atoms with Gasteiger partial charge in [-0.3, -0.25) is 4.98 Å². The molecule has 0 atom stereocenters. The van der Waals surface area contributed by atoms with Crippen molar-refractivity contribution < 1.29 is 0 Å². The van der Waals surface area contributed by atoms with Crippen LogP contribution in [-0.4, -0.2) is 31.1 Å². The maximum atomic E-state index is 6.54. The van der Waals surface area contributed by atoms with Crippen molar-refractivity contribution in [2.45, 2.75) is 30.8 Å². The van der Waals surface area contributed by atoms with Crippen molar-refractivity contribution in [1.29, 1.82) is 0 Å². The predicted octanol–water partition coefficient (Wildman–Crippen LogP) is 5.65. The van der Waals surface area contributed by atoms with E-state index in [0.29, 0.717) is 0 Å². The van der Waals surface area contributed by atoms with Crippen molar-refractivity contribution in [1.82, 2.24) is 19.6 Å². The minimum Gasteiger partial charge on any atom is -0.383 e. The van der Waals surface area contributed by atoms with E-state index in [1.807, 2.05) is 68.0 Å². The first-order valence-electron chi connectivity index (χ1n) is 10.7. The molecule has 3 aromatic heterocycles. The van der Waals surface area contributed by atoms with Crippen LogP contribution >= 0.6 is 23.5 Å². The second-order valence-corrected chi connectivity index (χ2v) is 10.4. The minimum atomic E-state index is 0.0716. The number of nitrogens with zero attached hydrogens (tertiary/aromatic N) is 4. The third-order valence-corrected chi connectivity index (χ3v) is 9.26. The second-order valence-electron chi connectivity index (χ2n) is 7.37. The first-order valence-corrected chi connectivity index (χ1v) is 12.7. The largest absolute Gasteiger partial charge is 0.383 e. The summed E-state index contributed by atoms with van der Waals surface area (Å²) in [6, 6.07) is 14.3. The van der Waals surface area contributed by atoms with E-state index in [-0.39, 0.29) is 4.08 Å². The van der Waals surface area contributed by atoms with Crippen molar-refractivity contribution in [3.63, 3.8) is 0 Å². The number of anilines is 1. The monoisotopic (exact) mass is 447 g/mol. The van der Waals surface area contributed by atoms with Crippen LogP contribution in [-0.2, 0) is 10.5 Å². The van der Waals surface area contributed by atoms with Crippen LogP contribution in [0.2, 0.25) is 0 Å². The lowest BCUT2D eigenvalue weighted by atomic mass is 10.1. The number of pyridine rings is 1. The van der Waals surface area contributed by atoms with E-state index in [1.165, 1.54) is 17.1 Å². The molecule has 1 aromatic carbocycles. The number of aromatic nitrogens is 4. The predicted molar refractivity (Wildman–Crippen MR) is 132 cm³/mol. The third kappa shape index (κ3) is 3.31. The van der Waals surface area contributed by atoms with Crippen LogP contribution in [0.4, 0.5) is 5.82 Å². The van der Waals surface area contributed by atoms with Crippen LogP contribution in [0.5, 0.6) is 0 Å². The zero-order chi connectivity index (χ0) is 21.4. The number of rotatable bonds is 2. The highest BCUT2D eigenvalue weighted by Crippen LogP contribution is 2.59. The maximum absolute atomic E-state index is 6.54. The molecule has 1 fully saturated rings. The van der Waals surface area contributed by atoms with Gasteiger partial charge >= 0.3 is 0 Å². The molecule has 0 amide bonds. The second kappa shape index (κ2) is 8.20. The molecule has 0 saturated carbocycles. The van der Waals surface area contributed by atoms with E-state index >= 15 is 0 Å². The fraction of sp³-hybridized carbons (Fsp3) is 0.292. The van der Waals surface area contributed by atoms with E-state index in [0.717, 1.165) is 52.4 Å². The van der Waals surface area contributed by atoms with Crippen molar-refractivity contribution in [3.8, 4) is 22.4 Å². The maximum Gasteiger partial charge on any atom is 0.165 e. The van der Waals surface area contributed by atoms with Gasteiger partial charge in [0.2, 0.25) is 0 Å². The summed E-state index contributed by atoms with van der Waals surface area (Å²) in [6.45, 7) is 4.00. The lowest BCUT2D eigenvalue weighted by Crippen LogP contribution is -2.14. The van der Waals surface area contributed by atoms with Gasteiger partial charge < -0.3 is 5.73 Å². The lowest BCUT2D eigenvalue weighted by molar-refractivity contribution is 0.830. The molecule has 0 bridgehead atoms. The van der Waals surface area contributed by atoms with Crippen LogP contribution in [0.1, 0.15) is 31.5 Å². The number of fused-ring (bicyclic) bond motifs is 3. The Balaban J connectivity index is 0.000000994. The normalized spacial score (nSPS) is 16.3. The summed E-state index contributed by atoms with van der Waals surface area (Å²) < 4.78 is 1.87. The summed E-state index contributed by atoms with van der Waals surface area (Å²) in [5, 5.41) is 4.56. The van der Waals surface area contributed by atoms with Gasteiger partial charge in [0, 0.05) is 40.0 Å². The molecule has 1 aliphatic heterocycles. The molecule has 31 heavy (non-hydrogen) atoms. The Labute approximate surface area is 190 Å². The molecule has 1 aliphatic carbocycles. The fourth-order valence-electron chi connectivity index (χ4n) is 4.29. The van der Waals surface area contributed by atoms with E-state index in [9.17, 15) is 0 Å². The van der Waals surface area contributed by atoms with E-state index in [2.05, 4.69) is 34.3 Å². The first-order chi connectivity index (χ1) is 15.3. The van der Waals surface area contributed by atoms with Crippen molar-refractivity contribution >= 4 is 35.0 Å². The number of nitrogen functional groups attached to an aromatic ring is 1. The lowest BCUT2D eigenvalue weighted by Gasteiger charge is -2.21. The summed E-state index contributed by atoms with van der Waals surface area (Å²) in [4.78, 5) is 9.79. The van der Waals surface area contributed by atoms with E-state index in [4.69, 9.17) is 10.7 Å². The Morgan fingerprint density at radius 2 is 1.74 bits per heavy atom. The van der Waals surface area contributed by atoms with Crippen LogP contribution < -0.4 is 5.73 Å². The number of thioether (sulfide) groups is 2. The average Bonchev–Trinajstić information content (AvgIpc) is 3.57. The Bertz CT molecular complexity index is 1210. The van der Waals surface area contributed by atoms with Crippen molar-refractivity contribution in [2.75, 3.05) is 17.2 Å². The quantitative estimate of drug-likeness (QED) is 0.428. The molecular weight excluding hydrogens is 422 g/mol. The number of nitrogens with two attached hydrogens (primary N) is 1. The molecule has 0 unspecified atom stereocenters. The molecule has 1 saturated heterocycles. The van der Waals surface area contributed by atoms with Gasteiger partial charge in [0.05, 0.1) is 17.6 Å². The standard InChI is InChI=1S/C22H19N5S2.C2H6/c23-20-16-8-9-22(28-10-11-29-22)19(16)26-21-17(13-25-27(20)21)15-6-7-18(24-12-15)14-4-2-1-3-5-14;1-2/h1-7,12-13H,8-11,23H2;1-2H3. The van der Waals surface area contributed by atoms with Gasteiger partial charge in [-0.2, -0.15) is 9.61 Å². The number of hydrogen-bond acceptors (Lipinski definition) is 6. The molecular formula is C24H25N5S2. The summed E-state index contributed by atoms with van der Waals surface area (Å²) in [5.74, 6) is 3.08. The molecule has 4 aromatic rings. The zero-order valence-corrected chi connectivity index (χ0v) is 19.3. The van der Waals surface area contributed by atoms with Gasteiger partial charge in [0.15, 0.2) is 5.65 Å². The highest BCUT2D eigenvalue weighted by atomic mass is 32.2.